The van der Waals surface area contributed by atoms with E-state index < -0.39 is 0 Å². The van der Waals surface area contributed by atoms with Gasteiger partial charge in [0.25, 0.3) is 0 Å². The van der Waals surface area contributed by atoms with Crippen molar-refractivity contribution >= 4 is 34.9 Å². The number of amides is 1. The summed E-state index contributed by atoms with van der Waals surface area (Å²) in [7, 11) is 1.69. The van der Waals surface area contributed by atoms with Crippen molar-refractivity contribution in [2.24, 2.45) is 22.6 Å². The van der Waals surface area contributed by atoms with Gasteiger partial charge in [0.1, 0.15) is 6.04 Å². The van der Waals surface area contributed by atoms with E-state index in [9.17, 15) is 9.59 Å². The van der Waals surface area contributed by atoms with E-state index in [4.69, 9.17) is 5.73 Å². The minimum Gasteiger partial charge on any atom is -0.387 e. The molecular formula is C62H103N7O2. The maximum Gasteiger partial charge on any atom is 0.242 e. The van der Waals surface area contributed by atoms with Crippen molar-refractivity contribution in [2.45, 2.75) is 193 Å². The summed E-state index contributed by atoms with van der Waals surface area (Å²) in [6, 6.07) is 16.3. The van der Waals surface area contributed by atoms with Crippen LogP contribution in [0.15, 0.2) is 71.5 Å². The molecule has 1 amide bonds. The van der Waals surface area contributed by atoms with Crippen molar-refractivity contribution in [3.05, 3.63) is 106 Å². The topological polar surface area (TPSA) is 116 Å². The Hall–Kier alpha value is -4.60. The van der Waals surface area contributed by atoms with E-state index in [2.05, 4.69) is 136 Å². The Morgan fingerprint density at radius 1 is 0.817 bits per heavy atom. The van der Waals surface area contributed by atoms with Gasteiger partial charge in [-0.2, -0.15) is 0 Å². The number of aryl methyl sites for hydroxylation is 3. The zero-order chi connectivity index (χ0) is 53.3. The zero-order valence-corrected chi connectivity index (χ0v) is 48.1. The Bertz CT molecular complexity index is 2000. The van der Waals surface area contributed by atoms with Crippen molar-refractivity contribution in [2.75, 3.05) is 51.6 Å². The summed E-state index contributed by atoms with van der Waals surface area (Å²) in [5.74, 6) is 3.01. The van der Waals surface area contributed by atoms with Crippen LogP contribution in [-0.4, -0.2) is 84.7 Å². The van der Waals surface area contributed by atoms with Crippen molar-refractivity contribution in [3.8, 4) is 0 Å². The van der Waals surface area contributed by atoms with Crippen LogP contribution in [0.1, 0.15) is 210 Å². The quantitative estimate of drug-likeness (QED) is 0.0859. The summed E-state index contributed by atoms with van der Waals surface area (Å²) in [5.41, 5.74) is 17.5. The molecule has 9 heteroatoms. The number of aromatic nitrogens is 1. The highest BCUT2D eigenvalue weighted by Crippen LogP contribution is 2.31. The number of ketones is 1. The molecule has 3 heterocycles. The van der Waals surface area contributed by atoms with Crippen LogP contribution in [0.4, 0.5) is 5.69 Å². The standard InChI is InChI=1S/C28H34N4O.C16H26N2O.C14H31N.2C2H6/c1-19(16-27-20(2)30-13-10-26(27)25-8-9-28(29)31-17-25)18-32-14-11-24(12-15-32)23-6-4-22(5-7-23)21(3)33;1-11(2)6-9-15(16(19)17-5)18-14-8-7-12(3)13(4)10-14;1-5-9-14(10-6-2)13-15(11-7-3)12-8-4;2*1-2/h4-7,10,13,16-17,24H,8-9,11-12,14-15,18H2,1-3H3,(H2,29,31);7-8,10-11,15,18H,6,9H2,1-5H3,(H,17,19);14H,5-13H2,1-4H3;2*1-2H3/b19-16+;;;;. The number of piperidine rings is 1. The van der Waals surface area contributed by atoms with E-state index in [1.807, 2.05) is 58.3 Å². The molecule has 1 saturated heterocycles. The second-order valence-electron chi connectivity index (χ2n) is 19.7. The molecular weight excluding hydrogens is 875 g/mol. The molecule has 1 fully saturated rings. The molecule has 398 valence electrons. The number of amidine groups is 1. The lowest BCUT2D eigenvalue weighted by molar-refractivity contribution is -0.121. The fraction of sp³-hybridized carbons (Fsp3) is 0.613. The molecule has 2 aromatic carbocycles. The molecule has 0 radical (unpaired) electrons. The number of benzene rings is 2. The van der Waals surface area contributed by atoms with Crippen molar-refractivity contribution < 1.29 is 9.59 Å². The van der Waals surface area contributed by atoms with Crippen LogP contribution in [0, 0.1) is 32.6 Å². The second kappa shape index (κ2) is 37.2. The van der Waals surface area contributed by atoms with Crippen LogP contribution in [0.2, 0.25) is 0 Å². The third-order valence-electron chi connectivity index (χ3n) is 13.2. The number of anilines is 1. The maximum absolute atomic E-state index is 11.9. The van der Waals surface area contributed by atoms with E-state index in [0.717, 1.165) is 81.0 Å². The van der Waals surface area contributed by atoms with Crippen LogP contribution < -0.4 is 16.4 Å². The van der Waals surface area contributed by atoms with E-state index >= 15 is 0 Å². The smallest absolute Gasteiger partial charge is 0.242 e. The molecule has 9 nitrogen and oxygen atoms in total. The number of Topliss-reactive ketones (excluding diaryl/α,β-unsaturated/α-hetero) is 1. The Morgan fingerprint density at radius 2 is 1.44 bits per heavy atom. The number of likely N-dealkylation sites (tertiary alicyclic amines) is 1. The van der Waals surface area contributed by atoms with Gasteiger partial charge >= 0.3 is 0 Å². The van der Waals surface area contributed by atoms with Gasteiger partial charge in [-0.1, -0.05) is 124 Å². The van der Waals surface area contributed by atoms with Gasteiger partial charge in [0, 0.05) is 61.5 Å². The summed E-state index contributed by atoms with van der Waals surface area (Å²) in [6.07, 6.45) is 20.1. The molecule has 1 aromatic heterocycles. The molecule has 0 saturated carbocycles. The van der Waals surface area contributed by atoms with E-state index in [1.165, 1.54) is 97.1 Å². The molecule has 0 aliphatic carbocycles. The summed E-state index contributed by atoms with van der Waals surface area (Å²) in [4.78, 5) is 37.5. The molecule has 0 bridgehead atoms. The fourth-order valence-corrected chi connectivity index (χ4v) is 9.27. The van der Waals surface area contributed by atoms with Gasteiger partial charge in [-0.05, 0) is 182 Å². The molecule has 3 aromatic rings. The van der Waals surface area contributed by atoms with Gasteiger partial charge in [0.2, 0.25) is 5.91 Å². The number of likely N-dealkylation sites (N-methyl/N-ethyl adjacent to an activating group) is 1. The lowest BCUT2D eigenvalue weighted by Gasteiger charge is -2.32. The van der Waals surface area contributed by atoms with Gasteiger partial charge in [-0.3, -0.25) is 19.5 Å². The molecule has 71 heavy (non-hydrogen) atoms. The number of pyridine rings is 1. The molecule has 5 rings (SSSR count). The molecule has 0 spiro atoms. The first kappa shape index (κ1) is 64.4. The van der Waals surface area contributed by atoms with Crippen LogP contribution in [0.5, 0.6) is 0 Å². The monoisotopic (exact) mass is 978 g/mol. The third-order valence-corrected chi connectivity index (χ3v) is 13.2. The van der Waals surface area contributed by atoms with Crippen molar-refractivity contribution in [1.82, 2.24) is 20.1 Å². The summed E-state index contributed by atoms with van der Waals surface area (Å²) >= 11 is 0. The van der Waals surface area contributed by atoms with E-state index in [1.54, 1.807) is 14.0 Å². The summed E-state index contributed by atoms with van der Waals surface area (Å²) < 4.78 is 0. The number of rotatable bonds is 22. The molecule has 1 unspecified atom stereocenters. The van der Waals surface area contributed by atoms with Gasteiger partial charge < -0.3 is 21.3 Å². The average molecular weight is 979 g/mol. The maximum atomic E-state index is 11.9. The van der Waals surface area contributed by atoms with Gasteiger partial charge in [-0.15, -0.1) is 0 Å². The van der Waals surface area contributed by atoms with Crippen LogP contribution in [0.3, 0.4) is 0 Å². The fourth-order valence-electron chi connectivity index (χ4n) is 9.27. The highest BCUT2D eigenvalue weighted by molar-refractivity contribution is 5.94. The van der Waals surface area contributed by atoms with Crippen molar-refractivity contribution in [1.29, 1.82) is 0 Å². The Kier molecular flexibility index (Phi) is 33.7. The Morgan fingerprint density at radius 3 is 1.94 bits per heavy atom. The number of nitrogens with one attached hydrogen (secondary N) is 2. The Balaban J connectivity index is 0.000000565. The molecule has 4 N–H and O–H groups in total. The minimum atomic E-state index is -0.158. The highest BCUT2D eigenvalue weighted by Gasteiger charge is 2.22. The van der Waals surface area contributed by atoms with Gasteiger partial charge in [0.15, 0.2) is 5.78 Å². The number of carbonyl (C=O) groups excluding carboxylic acids is 2. The van der Waals surface area contributed by atoms with Crippen molar-refractivity contribution in [3.63, 3.8) is 0 Å². The number of allylic oxidation sites excluding steroid dienone is 1. The predicted octanol–water partition coefficient (Wildman–Crippen LogP) is 15.0. The number of nitrogens with zero attached hydrogens (tertiary/aromatic N) is 4. The van der Waals surface area contributed by atoms with E-state index in [0.29, 0.717) is 17.7 Å². The first-order valence-electron chi connectivity index (χ1n) is 27.9. The van der Waals surface area contributed by atoms with Gasteiger partial charge in [-0.25, -0.2) is 4.99 Å². The number of carbonyl (C=O) groups is 2. The number of aliphatic imine (C=N–C) groups is 1. The number of hydrogen-bond acceptors (Lipinski definition) is 8. The summed E-state index contributed by atoms with van der Waals surface area (Å²) in [5, 5.41) is 6.07. The number of nitrogens with two attached hydrogens (primary N) is 1. The zero-order valence-electron chi connectivity index (χ0n) is 48.1. The SMILES string of the molecule is CC.CC.CC(=O)c1ccc(C2CCN(C/C(C)=C/c3c(C4=CN=C(N)CC4)ccnc3C)CC2)cc1.CCCC(CCC)CN(CCC)CCC.CNC(=O)C(CCC(C)C)Nc1ccc(C)c(C)c1. The minimum absolute atomic E-state index is 0.0545. The highest BCUT2D eigenvalue weighted by atomic mass is 16.2. The average Bonchev–Trinajstić information content (AvgIpc) is 3.36. The third kappa shape index (κ3) is 24.6. The summed E-state index contributed by atoms with van der Waals surface area (Å²) in [6.45, 7) is 38.7. The predicted molar refractivity (Wildman–Crippen MR) is 311 cm³/mol. The van der Waals surface area contributed by atoms with Gasteiger partial charge in [0.05, 0.1) is 5.84 Å². The molecule has 2 aliphatic rings. The lowest BCUT2D eigenvalue weighted by atomic mass is 9.88. The molecule has 1 atom stereocenters. The lowest BCUT2D eigenvalue weighted by Crippen LogP contribution is -2.38. The Labute approximate surface area is 435 Å². The van der Waals surface area contributed by atoms with Crippen LogP contribution in [0.25, 0.3) is 11.6 Å². The first-order chi connectivity index (χ1) is 34.1. The van der Waals surface area contributed by atoms with E-state index in [-0.39, 0.29) is 17.7 Å². The van der Waals surface area contributed by atoms with Crippen LogP contribution >= 0.6 is 0 Å². The van der Waals surface area contributed by atoms with Crippen LogP contribution in [-0.2, 0) is 4.79 Å². The largest absolute Gasteiger partial charge is 0.387 e. The number of hydrogen-bond donors (Lipinski definition) is 3. The molecule has 2 aliphatic heterocycles. The first-order valence-corrected chi connectivity index (χ1v) is 27.9. The normalized spacial score (nSPS) is 14.3. The second-order valence-corrected chi connectivity index (χ2v) is 19.7.